The van der Waals surface area contributed by atoms with Crippen LogP contribution in [0.5, 0.6) is 0 Å². The van der Waals surface area contributed by atoms with Gasteiger partial charge in [-0.2, -0.15) is 0 Å². The molecule has 4 nitrogen and oxygen atoms in total. The van der Waals surface area contributed by atoms with Gasteiger partial charge in [-0.25, -0.2) is 9.18 Å². The standard InChI is InChI=1S/C20H18FNO3S/c1-11-7-8-12(2)16(9-11)22-19(23)13(3)25-20(24)18-10-14-15(21)5-4-6-17(14)26-18/h4-10,13H,1-3H3,(H,22,23)/t13-/m0/s1. The lowest BCUT2D eigenvalue weighted by atomic mass is 10.1. The van der Waals surface area contributed by atoms with Gasteiger partial charge in [0.2, 0.25) is 0 Å². The third-order valence-corrected chi connectivity index (χ3v) is 5.09. The minimum atomic E-state index is -0.975. The first-order valence-electron chi connectivity index (χ1n) is 8.12. The number of hydrogen-bond donors (Lipinski definition) is 1. The molecular formula is C20H18FNO3S. The molecule has 1 N–H and O–H groups in total. The lowest BCUT2D eigenvalue weighted by Crippen LogP contribution is -2.30. The van der Waals surface area contributed by atoms with Crippen LogP contribution >= 0.6 is 11.3 Å². The molecule has 1 aromatic heterocycles. The smallest absolute Gasteiger partial charge is 0.349 e. The maximum atomic E-state index is 13.8. The number of anilines is 1. The maximum absolute atomic E-state index is 13.8. The third-order valence-electron chi connectivity index (χ3n) is 4.01. The Balaban J connectivity index is 1.70. The second kappa shape index (κ2) is 7.25. The van der Waals surface area contributed by atoms with Crippen LogP contribution in [-0.2, 0) is 9.53 Å². The molecule has 6 heteroatoms. The number of benzene rings is 2. The summed E-state index contributed by atoms with van der Waals surface area (Å²) in [5.41, 5.74) is 2.62. The number of nitrogens with one attached hydrogen (secondary N) is 1. The third kappa shape index (κ3) is 3.75. The molecular weight excluding hydrogens is 353 g/mol. The van der Waals surface area contributed by atoms with Crippen molar-refractivity contribution in [2.24, 2.45) is 0 Å². The highest BCUT2D eigenvalue weighted by molar-refractivity contribution is 7.20. The summed E-state index contributed by atoms with van der Waals surface area (Å²) in [7, 11) is 0. The molecule has 1 atom stereocenters. The number of carbonyl (C=O) groups excluding carboxylic acids is 2. The zero-order chi connectivity index (χ0) is 18.8. The minimum Gasteiger partial charge on any atom is -0.448 e. The lowest BCUT2D eigenvalue weighted by Gasteiger charge is -2.14. The molecule has 0 fully saturated rings. The van der Waals surface area contributed by atoms with Gasteiger partial charge in [-0.3, -0.25) is 4.79 Å². The van der Waals surface area contributed by atoms with E-state index in [1.165, 1.54) is 19.1 Å². The average molecular weight is 371 g/mol. The van der Waals surface area contributed by atoms with Gasteiger partial charge in [0.15, 0.2) is 6.10 Å². The molecule has 0 radical (unpaired) electrons. The van der Waals surface area contributed by atoms with E-state index in [1.807, 2.05) is 32.0 Å². The van der Waals surface area contributed by atoms with Crippen LogP contribution in [0, 0.1) is 19.7 Å². The van der Waals surface area contributed by atoms with Crippen LogP contribution in [-0.4, -0.2) is 18.0 Å². The SMILES string of the molecule is Cc1ccc(C)c(NC(=O)[C@H](C)OC(=O)c2cc3c(F)cccc3s2)c1. The van der Waals surface area contributed by atoms with Crippen molar-refractivity contribution in [2.75, 3.05) is 5.32 Å². The Kier molecular flexibility index (Phi) is 5.04. The van der Waals surface area contributed by atoms with Gasteiger partial charge in [-0.1, -0.05) is 18.2 Å². The number of hydrogen-bond acceptors (Lipinski definition) is 4. The Morgan fingerprint density at radius 2 is 1.92 bits per heavy atom. The number of halogens is 1. The van der Waals surface area contributed by atoms with Crippen molar-refractivity contribution in [3.8, 4) is 0 Å². The van der Waals surface area contributed by atoms with E-state index in [4.69, 9.17) is 4.74 Å². The molecule has 26 heavy (non-hydrogen) atoms. The molecule has 0 aliphatic rings. The number of aryl methyl sites for hydroxylation is 2. The van der Waals surface area contributed by atoms with Crippen LogP contribution in [0.1, 0.15) is 27.7 Å². The van der Waals surface area contributed by atoms with Crippen LogP contribution in [0.15, 0.2) is 42.5 Å². The summed E-state index contributed by atoms with van der Waals surface area (Å²) in [6, 6.07) is 11.8. The molecule has 0 spiro atoms. The number of carbonyl (C=O) groups is 2. The molecule has 2 aromatic carbocycles. The molecule has 0 aliphatic heterocycles. The Labute approximate surface area is 154 Å². The van der Waals surface area contributed by atoms with Crippen LogP contribution in [0.2, 0.25) is 0 Å². The van der Waals surface area contributed by atoms with Gasteiger partial charge >= 0.3 is 5.97 Å². The Hall–Kier alpha value is -2.73. The summed E-state index contributed by atoms with van der Waals surface area (Å²) < 4.78 is 19.7. The van der Waals surface area contributed by atoms with E-state index in [1.54, 1.807) is 12.1 Å². The van der Waals surface area contributed by atoms with Crippen molar-refractivity contribution < 1.29 is 18.7 Å². The lowest BCUT2D eigenvalue weighted by molar-refractivity contribution is -0.123. The second-order valence-electron chi connectivity index (χ2n) is 6.12. The predicted molar refractivity (Wildman–Crippen MR) is 101 cm³/mol. The first kappa shape index (κ1) is 18.1. The zero-order valence-electron chi connectivity index (χ0n) is 14.6. The normalized spacial score (nSPS) is 12.0. The van der Waals surface area contributed by atoms with Gasteiger partial charge in [0.25, 0.3) is 5.91 Å². The fraction of sp³-hybridized carbons (Fsp3) is 0.200. The van der Waals surface area contributed by atoms with E-state index in [9.17, 15) is 14.0 Å². The summed E-state index contributed by atoms with van der Waals surface area (Å²) in [5.74, 6) is -1.45. The molecule has 0 saturated carbocycles. The molecule has 0 bridgehead atoms. The van der Waals surface area contributed by atoms with Crippen molar-refractivity contribution >= 4 is 39.0 Å². The van der Waals surface area contributed by atoms with Crippen LogP contribution < -0.4 is 5.32 Å². The van der Waals surface area contributed by atoms with Crippen molar-refractivity contribution in [3.63, 3.8) is 0 Å². The summed E-state index contributed by atoms with van der Waals surface area (Å²) >= 11 is 1.14. The highest BCUT2D eigenvalue weighted by Gasteiger charge is 2.21. The van der Waals surface area contributed by atoms with Crippen molar-refractivity contribution in [1.82, 2.24) is 0 Å². The Bertz CT molecular complexity index is 996. The number of rotatable bonds is 4. The topological polar surface area (TPSA) is 55.4 Å². The Morgan fingerprint density at radius 3 is 2.65 bits per heavy atom. The molecule has 0 unspecified atom stereocenters. The number of thiophene rings is 1. The highest BCUT2D eigenvalue weighted by atomic mass is 32.1. The van der Waals surface area contributed by atoms with Crippen molar-refractivity contribution in [2.45, 2.75) is 26.9 Å². The van der Waals surface area contributed by atoms with E-state index in [0.717, 1.165) is 22.5 Å². The van der Waals surface area contributed by atoms with Gasteiger partial charge in [-0.15, -0.1) is 11.3 Å². The van der Waals surface area contributed by atoms with E-state index >= 15 is 0 Å². The molecule has 0 saturated heterocycles. The molecule has 3 aromatic rings. The van der Waals surface area contributed by atoms with E-state index < -0.39 is 23.8 Å². The van der Waals surface area contributed by atoms with Crippen molar-refractivity contribution in [3.05, 3.63) is 64.3 Å². The van der Waals surface area contributed by atoms with Crippen LogP contribution in [0.25, 0.3) is 10.1 Å². The van der Waals surface area contributed by atoms with Crippen LogP contribution in [0.3, 0.4) is 0 Å². The summed E-state index contributed by atoms with van der Waals surface area (Å²) in [6.07, 6.45) is -0.975. The highest BCUT2D eigenvalue weighted by Crippen LogP contribution is 2.28. The predicted octanol–water partition coefficient (Wildman–Crippen LogP) is 4.84. The average Bonchev–Trinajstić information content (AvgIpc) is 3.04. The number of fused-ring (bicyclic) bond motifs is 1. The molecule has 3 rings (SSSR count). The molecule has 1 amide bonds. The van der Waals surface area contributed by atoms with Crippen molar-refractivity contribution in [1.29, 1.82) is 0 Å². The van der Waals surface area contributed by atoms with Crippen LogP contribution in [0.4, 0.5) is 10.1 Å². The molecule has 0 aliphatic carbocycles. The Morgan fingerprint density at radius 1 is 1.15 bits per heavy atom. The number of esters is 1. The summed E-state index contributed by atoms with van der Waals surface area (Å²) in [6.45, 7) is 5.32. The quantitative estimate of drug-likeness (QED) is 0.668. The summed E-state index contributed by atoms with van der Waals surface area (Å²) in [5, 5.41) is 3.14. The van der Waals surface area contributed by atoms with Gasteiger partial charge in [0.05, 0.1) is 0 Å². The first-order chi connectivity index (χ1) is 12.3. The fourth-order valence-corrected chi connectivity index (χ4v) is 3.46. The zero-order valence-corrected chi connectivity index (χ0v) is 15.4. The summed E-state index contributed by atoms with van der Waals surface area (Å²) in [4.78, 5) is 24.9. The van der Waals surface area contributed by atoms with Gasteiger partial charge in [0.1, 0.15) is 10.7 Å². The first-order valence-corrected chi connectivity index (χ1v) is 8.94. The molecule has 1 heterocycles. The molecule has 134 valence electrons. The van der Waals surface area contributed by atoms with Gasteiger partial charge < -0.3 is 10.1 Å². The second-order valence-corrected chi connectivity index (χ2v) is 7.20. The van der Waals surface area contributed by atoms with E-state index in [2.05, 4.69) is 5.32 Å². The minimum absolute atomic E-state index is 0.261. The van der Waals surface area contributed by atoms with Gasteiger partial charge in [-0.05, 0) is 56.2 Å². The van der Waals surface area contributed by atoms with Gasteiger partial charge in [0, 0.05) is 15.8 Å². The number of ether oxygens (including phenoxy) is 1. The fourth-order valence-electron chi connectivity index (χ4n) is 2.50. The largest absolute Gasteiger partial charge is 0.448 e. The monoisotopic (exact) mass is 371 g/mol. The van der Waals surface area contributed by atoms with E-state index in [-0.39, 0.29) is 4.88 Å². The van der Waals surface area contributed by atoms with E-state index in [0.29, 0.717) is 15.8 Å². The maximum Gasteiger partial charge on any atom is 0.349 e. The number of amides is 1.